The molecule has 0 radical (unpaired) electrons. The maximum absolute atomic E-state index is 12.5. The average molecular weight is 394 g/mol. The van der Waals surface area contributed by atoms with Gasteiger partial charge in [-0.25, -0.2) is 0 Å². The molecule has 26 heavy (non-hydrogen) atoms. The van der Waals surface area contributed by atoms with Crippen molar-refractivity contribution in [3.63, 3.8) is 0 Å². The number of halogens is 2. The van der Waals surface area contributed by atoms with Gasteiger partial charge in [0, 0.05) is 53.3 Å². The Labute approximate surface area is 162 Å². The molecule has 4 rings (SSSR count). The molecule has 5 nitrogen and oxygen atoms in total. The van der Waals surface area contributed by atoms with E-state index in [1.165, 1.54) is 0 Å². The molecule has 1 aromatic carbocycles. The Kier molecular flexibility index (Phi) is 4.95. The minimum atomic E-state index is -0.171. The lowest BCUT2D eigenvalue weighted by Crippen LogP contribution is -2.40. The Morgan fingerprint density at radius 2 is 2.04 bits per heavy atom. The summed E-state index contributed by atoms with van der Waals surface area (Å²) in [4.78, 5) is 14.7. The number of hydrogen-bond acceptors (Lipinski definition) is 4. The van der Waals surface area contributed by atoms with E-state index in [2.05, 4.69) is 22.3 Å². The zero-order valence-corrected chi connectivity index (χ0v) is 16.1. The highest BCUT2D eigenvalue weighted by Crippen LogP contribution is 2.40. The van der Waals surface area contributed by atoms with E-state index in [0.29, 0.717) is 34.1 Å². The fourth-order valence-corrected chi connectivity index (χ4v) is 4.01. The summed E-state index contributed by atoms with van der Waals surface area (Å²) < 4.78 is 5.28. The SMILES string of the molecule is CC1CN(Cc2c(Cl)cccc2Cl)CC1NC(=O)c1cc(C2CC2)on1. The largest absolute Gasteiger partial charge is 0.360 e. The predicted octanol–water partition coefficient (Wildman–Crippen LogP) is 4.11. The third-order valence-electron chi connectivity index (χ3n) is 5.19. The predicted molar refractivity (Wildman–Crippen MR) is 101 cm³/mol. The van der Waals surface area contributed by atoms with Gasteiger partial charge in [0.05, 0.1) is 0 Å². The van der Waals surface area contributed by atoms with E-state index in [0.717, 1.165) is 37.3 Å². The van der Waals surface area contributed by atoms with Crippen LogP contribution >= 0.6 is 23.2 Å². The van der Waals surface area contributed by atoms with Crippen LogP contribution in [-0.2, 0) is 6.54 Å². The summed E-state index contributed by atoms with van der Waals surface area (Å²) in [5.41, 5.74) is 1.30. The second-order valence-corrected chi connectivity index (χ2v) is 8.15. The van der Waals surface area contributed by atoms with Crippen LogP contribution < -0.4 is 5.32 Å². The van der Waals surface area contributed by atoms with Gasteiger partial charge in [-0.2, -0.15) is 0 Å². The van der Waals surface area contributed by atoms with E-state index < -0.39 is 0 Å². The highest BCUT2D eigenvalue weighted by Gasteiger charge is 2.33. The normalized spacial score (nSPS) is 23.3. The van der Waals surface area contributed by atoms with Crippen LogP contribution in [0.1, 0.15) is 47.5 Å². The van der Waals surface area contributed by atoms with E-state index in [1.807, 2.05) is 18.2 Å². The van der Waals surface area contributed by atoms with Gasteiger partial charge in [0.25, 0.3) is 5.91 Å². The molecule has 7 heteroatoms. The van der Waals surface area contributed by atoms with E-state index in [-0.39, 0.29) is 11.9 Å². The van der Waals surface area contributed by atoms with Gasteiger partial charge < -0.3 is 9.84 Å². The molecule has 1 saturated heterocycles. The second-order valence-electron chi connectivity index (χ2n) is 7.34. The first-order chi connectivity index (χ1) is 12.5. The van der Waals surface area contributed by atoms with E-state index in [4.69, 9.17) is 27.7 Å². The zero-order chi connectivity index (χ0) is 18.3. The van der Waals surface area contributed by atoms with Crippen LogP contribution in [0.3, 0.4) is 0 Å². The number of aromatic nitrogens is 1. The van der Waals surface area contributed by atoms with Gasteiger partial charge in [0.15, 0.2) is 5.69 Å². The molecule has 2 fully saturated rings. The molecular formula is C19H21Cl2N3O2. The molecule has 1 aromatic heterocycles. The van der Waals surface area contributed by atoms with Crippen LogP contribution in [0.4, 0.5) is 0 Å². The van der Waals surface area contributed by atoms with Crippen LogP contribution in [0.2, 0.25) is 10.0 Å². The van der Waals surface area contributed by atoms with Crippen molar-refractivity contribution in [2.75, 3.05) is 13.1 Å². The van der Waals surface area contributed by atoms with Crippen LogP contribution in [0.25, 0.3) is 0 Å². The summed E-state index contributed by atoms with van der Waals surface area (Å²) in [7, 11) is 0. The lowest BCUT2D eigenvalue weighted by Gasteiger charge is -2.18. The summed E-state index contributed by atoms with van der Waals surface area (Å²) in [6, 6.07) is 7.38. The number of rotatable bonds is 5. The fraction of sp³-hybridized carbons (Fsp3) is 0.474. The van der Waals surface area contributed by atoms with Gasteiger partial charge in [-0.05, 0) is 30.9 Å². The van der Waals surface area contributed by atoms with Crippen molar-refractivity contribution in [3.05, 3.63) is 51.3 Å². The average Bonchev–Trinajstić information content (AvgIpc) is 3.23. The quantitative estimate of drug-likeness (QED) is 0.829. The highest BCUT2D eigenvalue weighted by atomic mass is 35.5. The number of likely N-dealkylation sites (tertiary alicyclic amines) is 1. The molecule has 1 aliphatic heterocycles. The summed E-state index contributed by atoms with van der Waals surface area (Å²) in [6.07, 6.45) is 2.24. The number of carbonyl (C=O) groups excluding carboxylic acids is 1. The summed E-state index contributed by atoms with van der Waals surface area (Å²) in [6.45, 7) is 4.43. The standard InChI is InChI=1S/C19H21Cl2N3O2/c1-11-8-24(9-13-14(20)3-2-4-15(13)21)10-17(11)22-19(25)16-7-18(26-23-16)12-5-6-12/h2-4,7,11-12,17H,5-6,8-10H2,1H3,(H,22,25). The monoisotopic (exact) mass is 393 g/mol. The number of amides is 1. The Hall–Kier alpha value is -1.56. The summed E-state index contributed by atoms with van der Waals surface area (Å²) in [5, 5.41) is 8.36. The molecular weight excluding hydrogens is 373 g/mol. The topological polar surface area (TPSA) is 58.4 Å². The first-order valence-electron chi connectivity index (χ1n) is 8.94. The van der Waals surface area contributed by atoms with Gasteiger partial charge >= 0.3 is 0 Å². The van der Waals surface area contributed by atoms with Gasteiger partial charge in [-0.15, -0.1) is 0 Å². The number of benzene rings is 1. The van der Waals surface area contributed by atoms with Crippen molar-refractivity contribution in [2.45, 2.75) is 38.3 Å². The molecule has 2 aliphatic rings. The molecule has 1 amide bonds. The lowest BCUT2D eigenvalue weighted by atomic mass is 10.1. The molecule has 0 spiro atoms. The van der Waals surface area contributed by atoms with E-state index in [9.17, 15) is 4.79 Å². The van der Waals surface area contributed by atoms with Gasteiger partial charge in [-0.3, -0.25) is 9.69 Å². The van der Waals surface area contributed by atoms with Crippen molar-refractivity contribution >= 4 is 29.1 Å². The van der Waals surface area contributed by atoms with Crippen LogP contribution in [0.5, 0.6) is 0 Å². The van der Waals surface area contributed by atoms with E-state index in [1.54, 1.807) is 6.07 Å². The Balaban J connectivity index is 1.38. The highest BCUT2D eigenvalue weighted by molar-refractivity contribution is 6.35. The number of carbonyl (C=O) groups is 1. The minimum absolute atomic E-state index is 0.0600. The lowest BCUT2D eigenvalue weighted by molar-refractivity contribution is 0.0922. The molecule has 0 bridgehead atoms. The van der Waals surface area contributed by atoms with Crippen LogP contribution in [0.15, 0.2) is 28.8 Å². The minimum Gasteiger partial charge on any atom is -0.360 e. The molecule has 2 atom stereocenters. The summed E-state index contributed by atoms with van der Waals surface area (Å²) in [5.74, 6) is 1.43. The third-order valence-corrected chi connectivity index (χ3v) is 5.90. The number of nitrogens with zero attached hydrogens (tertiary/aromatic N) is 2. The van der Waals surface area contributed by atoms with Crippen LogP contribution in [-0.4, -0.2) is 35.1 Å². The Morgan fingerprint density at radius 3 is 2.73 bits per heavy atom. The van der Waals surface area contributed by atoms with Crippen molar-refractivity contribution in [2.24, 2.45) is 5.92 Å². The molecule has 2 unspecified atom stereocenters. The number of nitrogens with one attached hydrogen (secondary N) is 1. The summed E-state index contributed by atoms with van der Waals surface area (Å²) >= 11 is 12.6. The first-order valence-corrected chi connectivity index (χ1v) is 9.69. The van der Waals surface area contributed by atoms with Crippen LogP contribution in [0, 0.1) is 5.92 Å². The van der Waals surface area contributed by atoms with Crippen molar-refractivity contribution in [3.8, 4) is 0 Å². The number of hydrogen-bond donors (Lipinski definition) is 1. The molecule has 1 N–H and O–H groups in total. The van der Waals surface area contributed by atoms with Gasteiger partial charge in [0.1, 0.15) is 5.76 Å². The molecule has 2 aromatic rings. The Bertz CT molecular complexity index is 799. The van der Waals surface area contributed by atoms with E-state index >= 15 is 0 Å². The van der Waals surface area contributed by atoms with Crippen molar-refractivity contribution in [1.82, 2.24) is 15.4 Å². The maximum Gasteiger partial charge on any atom is 0.273 e. The Morgan fingerprint density at radius 1 is 1.31 bits per heavy atom. The smallest absolute Gasteiger partial charge is 0.273 e. The molecule has 138 valence electrons. The zero-order valence-electron chi connectivity index (χ0n) is 14.5. The molecule has 2 heterocycles. The maximum atomic E-state index is 12.5. The van der Waals surface area contributed by atoms with Gasteiger partial charge in [0.2, 0.25) is 0 Å². The van der Waals surface area contributed by atoms with Crippen molar-refractivity contribution < 1.29 is 9.32 Å². The second kappa shape index (κ2) is 7.22. The molecule has 1 aliphatic carbocycles. The van der Waals surface area contributed by atoms with Gasteiger partial charge in [-0.1, -0.05) is 41.3 Å². The van der Waals surface area contributed by atoms with Crippen molar-refractivity contribution in [1.29, 1.82) is 0 Å². The molecule has 1 saturated carbocycles. The first kappa shape index (κ1) is 17.8. The fourth-order valence-electron chi connectivity index (χ4n) is 3.49. The third kappa shape index (κ3) is 3.75.